The van der Waals surface area contributed by atoms with Gasteiger partial charge in [-0.1, -0.05) is 0 Å². The second-order valence-corrected chi connectivity index (χ2v) is 9.98. The van der Waals surface area contributed by atoms with Gasteiger partial charge in [-0.25, -0.2) is 17.1 Å². The summed E-state index contributed by atoms with van der Waals surface area (Å²) in [6.07, 6.45) is 1.34. The average molecular weight is 459 g/mol. The topological polar surface area (TPSA) is 96.6 Å². The van der Waals surface area contributed by atoms with Crippen LogP contribution < -0.4 is 0 Å². The molecule has 1 amide bonds. The Morgan fingerprint density at radius 1 is 1.03 bits per heavy atom. The summed E-state index contributed by atoms with van der Waals surface area (Å²) in [6.45, 7) is 1.05. The predicted molar refractivity (Wildman–Crippen MR) is 115 cm³/mol. The van der Waals surface area contributed by atoms with Crippen LogP contribution in [0.2, 0.25) is 0 Å². The van der Waals surface area contributed by atoms with Crippen molar-refractivity contribution in [3.8, 4) is 11.5 Å². The van der Waals surface area contributed by atoms with Gasteiger partial charge in [0.25, 0.3) is 5.91 Å². The van der Waals surface area contributed by atoms with Gasteiger partial charge in [-0.3, -0.25) is 4.79 Å². The number of likely N-dealkylation sites (tertiary alicyclic amines) is 1. The molecule has 0 N–H and O–H groups in total. The van der Waals surface area contributed by atoms with Crippen molar-refractivity contribution in [1.29, 1.82) is 0 Å². The van der Waals surface area contributed by atoms with Crippen molar-refractivity contribution >= 4 is 15.9 Å². The van der Waals surface area contributed by atoms with Crippen molar-refractivity contribution in [1.82, 2.24) is 19.4 Å². The zero-order valence-corrected chi connectivity index (χ0v) is 18.5. The number of hydrogen-bond acceptors (Lipinski definition) is 6. The van der Waals surface area contributed by atoms with E-state index in [0.29, 0.717) is 48.8 Å². The van der Waals surface area contributed by atoms with E-state index in [4.69, 9.17) is 4.42 Å². The largest absolute Gasteiger partial charge is 0.420 e. The molecule has 32 heavy (non-hydrogen) atoms. The number of piperidine rings is 1. The molecule has 0 bridgehead atoms. The number of nitrogens with zero attached hydrogens (tertiary/aromatic N) is 4. The lowest BCUT2D eigenvalue weighted by molar-refractivity contribution is 0.0706. The summed E-state index contributed by atoms with van der Waals surface area (Å²) in [5.74, 6) is 0.406. The molecule has 1 saturated heterocycles. The Balaban J connectivity index is 1.38. The normalized spacial score (nSPS) is 15.3. The molecule has 0 unspecified atom stereocenters. The Labute approximate surface area is 185 Å². The number of amides is 1. The van der Waals surface area contributed by atoms with Crippen LogP contribution in [0.25, 0.3) is 11.5 Å². The molecule has 10 heteroatoms. The van der Waals surface area contributed by atoms with Crippen molar-refractivity contribution in [3.63, 3.8) is 0 Å². The summed E-state index contributed by atoms with van der Waals surface area (Å²) in [4.78, 5) is 14.7. The molecule has 8 nitrogen and oxygen atoms in total. The summed E-state index contributed by atoms with van der Waals surface area (Å²) >= 11 is 0. The Morgan fingerprint density at radius 2 is 1.66 bits per heavy atom. The fourth-order valence-electron chi connectivity index (χ4n) is 3.60. The number of halogens is 1. The van der Waals surface area contributed by atoms with E-state index in [0.717, 1.165) is 4.31 Å². The summed E-state index contributed by atoms with van der Waals surface area (Å²) < 4.78 is 44.4. The van der Waals surface area contributed by atoms with Crippen LogP contribution in [0.3, 0.4) is 0 Å². The van der Waals surface area contributed by atoms with E-state index in [9.17, 15) is 17.6 Å². The number of carbonyl (C=O) groups is 1. The van der Waals surface area contributed by atoms with Gasteiger partial charge < -0.3 is 9.32 Å². The van der Waals surface area contributed by atoms with Gasteiger partial charge in [-0.05, 0) is 61.4 Å². The molecule has 1 aromatic heterocycles. The maximum absolute atomic E-state index is 13.1. The molecule has 0 radical (unpaired) electrons. The Hall–Kier alpha value is -3.11. The van der Waals surface area contributed by atoms with Crippen LogP contribution in [0.4, 0.5) is 4.39 Å². The lowest BCUT2D eigenvalue weighted by Crippen LogP contribution is -2.38. The van der Waals surface area contributed by atoms with Crippen LogP contribution >= 0.6 is 0 Å². The quantitative estimate of drug-likeness (QED) is 0.583. The van der Waals surface area contributed by atoms with E-state index in [2.05, 4.69) is 10.2 Å². The minimum absolute atomic E-state index is 0.0355. The van der Waals surface area contributed by atoms with Crippen LogP contribution in [0.5, 0.6) is 0 Å². The van der Waals surface area contributed by atoms with Crippen molar-refractivity contribution in [2.45, 2.75) is 23.7 Å². The van der Waals surface area contributed by atoms with E-state index < -0.39 is 10.0 Å². The summed E-state index contributed by atoms with van der Waals surface area (Å²) in [5.41, 5.74) is 1.09. The standard InChI is InChI=1S/C22H23FN4O4S/c1-26(2)32(29,30)19-9-5-17(6-10-19)22(28)27-13-11-16(12-14-27)21-25-24-20(31-21)15-3-7-18(23)8-4-15/h3-10,16H,11-14H2,1-2H3. The van der Waals surface area contributed by atoms with Gasteiger partial charge in [-0.15, -0.1) is 10.2 Å². The maximum atomic E-state index is 13.1. The van der Waals surface area contributed by atoms with Gasteiger partial charge in [-0.2, -0.15) is 0 Å². The first-order chi connectivity index (χ1) is 15.3. The Kier molecular flexibility index (Phi) is 6.07. The molecule has 0 aliphatic carbocycles. The number of aromatic nitrogens is 2. The highest BCUT2D eigenvalue weighted by Gasteiger charge is 2.28. The molecule has 0 spiro atoms. The summed E-state index contributed by atoms with van der Waals surface area (Å²) in [6, 6.07) is 11.8. The van der Waals surface area contributed by atoms with Gasteiger partial charge in [0, 0.05) is 44.2 Å². The SMILES string of the molecule is CN(C)S(=O)(=O)c1ccc(C(=O)N2CCC(c3nnc(-c4ccc(F)cc4)o3)CC2)cc1. The lowest BCUT2D eigenvalue weighted by atomic mass is 9.96. The minimum atomic E-state index is -3.54. The second-order valence-electron chi connectivity index (χ2n) is 7.83. The van der Waals surface area contributed by atoms with Crippen molar-refractivity contribution in [2.75, 3.05) is 27.2 Å². The predicted octanol–water partition coefficient (Wildman–Crippen LogP) is 3.15. The lowest BCUT2D eigenvalue weighted by Gasteiger charge is -2.30. The third-order valence-electron chi connectivity index (χ3n) is 5.54. The molecule has 0 saturated carbocycles. The summed E-state index contributed by atoms with van der Waals surface area (Å²) in [7, 11) is -0.610. The first-order valence-electron chi connectivity index (χ1n) is 10.2. The number of sulfonamides is 1. The first-order valence-corrected chi connectivity index (χ1v) is 11.6. The molecule has 1 fully saturated rings. The highest BCUT2D eigenvalue weighted by molar-refractivity contribution is 7.89. The fraction of sp³-hybridized carbons (Fsp3) is 0.318. The molecular formula is C22H23FN4O4S. The van der Waals surface area contributed by atoms with E-state index >= 15 is 0 Å². The zero-order valence-electron chi connectivity index (χ0n) is 17.7. The molecule has 1 aliphatic heterocycles. The van der Waals surface area contributed by atoms with Crippen LogP contribution in [-0.4, -0.2) is 60.9 Å². The molecule has 4 rings (SSSR count). The van der Waals surface area contributed by atoms with E-state index in [1.54, 1.807) is 17.0 Å². The van der Waals surface area contributed by atoms with Crippen molar-refractivity contribution in [3.05, 3.63) is 65.8 Å². The molecule has 0 atom stereocenters. The molecule has 3 aromatic rings. The van der Waals surface area contributed by atoms with Gasteiger partial charge in [0.05, 0.1) is 4.90 Å². The first kappa shape index (κ1) is 22.1. The van der Waals surface area contributed by atoms with Gasteiger partial charge in [0.15, 0.2) is 0 Å². The molecule has 168 valence electrons. The second kappa shape index (κ2) is 8.79. The Morgan fingerprint density at radius 3 is 2.25 bits per heavy atom. The highest BCUT2D eigenvalue weighted by atomic mass is 32.2. The van der Waals surface area contributed by atoms with Crippen molar-refractivity contribution < 1.29 is 22.0 Å². The molecule has 2 aromatic carbocycles. The summed E-state index contributed by atoms with van der Waals surface area (Å²) in [5, 5.41) is 8.20. The van der Waals surface area contributed by atoms with E-state index in [1.807, 2.05) is 0 Å². The molecular weight excluding hydrogens is 435 g/mol. The van der Waals surface area contributed by atoms with Crippen LogP contribution in [0.1, 0.15) is 35.0 Å². The van der Waals surface area contributed by atoms with Gasteiger partial charge in [0.1, 0.15) is 5.82 Å². The smallest absolute Gasteiger partial charge is 0.253 e. The average Bonchev–Trinajstić information content (AvgIpc) is 3.29. The number of rotatable bonds is 5. The fourth-order valence-corrected chi connectivity index (χ4v) is 4.50. The Bertz CT molecular complexity index is 1200. The van der Waals surface area contributed by atoms with Crippen LogP contribution in [0.15, 0.2) is 57.8 Å². The third kappa shape index (κ3) is 4.42. The molecule has 2 heterocycles. The highest BCUT2D eigenvalue weighted by Crippen LogP contribution is 2.30. The number of benzene rings is 2. The van der Waals surface area contributed by atoms with Crippen LogP contribution in [0, 0.1) is 5.82 Å². The number of hydrogen-bond donors (Lipinski definition) is 0. The van der Waals surface area contributed by atoms with Gasteiger partial charge >= 0.3 is 0 Å². The number of carbonyl (C=O) groups excluding carboxylic acids is 1. The third-order valence-corrected chi connectivity index (χ3v) is 7.37. The van der Waals surface area contributed by atoms with E-state index in [1.165, 1.54) is 50.5 Å². The maximum Gasteiger partial charge on any atom is 0.253 e. The zero-order chi connectivity index (χ0) is 22.9. The van der Waals surface area contributed by atoms with Crippen LogP contribution in [-0.2, 0) is 10.0 Å². The molecule has 1 aliphatic rings. The monoisotopic (exact) mass is 458 g/mol. The van der Waals surface area contributed by atoms with E-state index in [-0.39, 0.29) is 22.5 Å². The van der Waals surface area contributed by atoms with Crippen molar-refractivity contribution in [2.24, 2.45) is 0 Å². The van der Waals surface area contributed by atoms with Gasteiger partial charge in [0.2, 0.25) is 21.8 Å². The minimum Gasteiger partial charge on any atom is -0.420 e.